The lowest BCUT2D eigenvalue weighted by Crippen LogP contribution is -2.50. The summed E-state index contributed by atoms with van der Waals surface area (Å²) in [7, 11) is 1.75. The Hall–Kier alpha value is -1.72. The summed E-state index contributed by atoms with van der Waals surface area (Å²) in [6.45, 7) is 4.08. The third-order valence-electron chi connectivity index (χ3n) is 2.25. The third-order valence-corrected chi connectivity index (χ3v) is 2.25. The number of hydrazine groups is 1. The summed E-state index contributed by atoms with van der Waals surface area (Å²) in [6.07, 6.45) is 1.38. The number of rotatable bonds is 2. The maximum atomic E-state index is 11.7. The molecule has 0 bridgehead atoms. The second kappa shape index (κ2) is 3.45. The minimum absolute atomic E-state index is 0.297. The summed E-state index contributed by atoms with van der Waals surface area (Å²) in [4.78, 5) is 11.7. The number of esters is 1. The average molecular weight is 210 g/mol. The van der Waals surface area contributed by atoms with Gasteiger partial charge in [0.1, 0.15) is 0 Å². The topological polar surface area (TPSA) is 57.2 Å². The first-order valence-corrected chi connectivity index (χ1v) is 4.85. The molecule has 1 N–H and O–H groups in total. The van der Waals surface area contributed by atoms with E-state index in [0.717, 1.165) is 11.5 Å². The standard InChI is InChI=1S/C9H14N4O2/c1-4-15-9(14)8-12(3)11-7-5-6(2)10-13(7)8/h5,8,10H,4H2,1-3H3. The average Bonchev–Trinajstić information content (AvgIpc) is 2.59. The number of fused-ring (bicyclic) bond motifs is 1. The van der Waals surface area contributed by atoms with Crippen molar-refractivity contribution in [2.45, 2.75) is 20.0 Å². The molecule has 0 radical (unpaired) electrons. The van der Waals surface area contributed by atoms with Gasteiger partial charge in [0.25, 0.3) is 0 Å². The number of hydrogen-bond acceptors (Lipinski definition) is 6. The van der Waals surface area contributed by atoms with Crippen molar-refractivity contribution in [3.63, 3.8) is 0 Å². The van der Waals surface area contributed by atoms with Crippen LogP contribution in [0.25, 0.3) is 0 Å². The molecule has 0 spiro atoms. The smallest absolute Gasteiger partial charge is 0.353 e. The predicted octanol–water partition coefficient (Wildman–Crippen LogP) is -0.142. The summed E-state index contributed by atoms with van der Waals surface area (Å²) < 4.78 is 4.98. The van der Waals surface area contributed by atoms with Gasteiger partial charge in [0.15, 0.2) is 5.84 Å². The molecule has 0 saturated carbocycles. The van der Waals surface area contributed by atoms with E-state index in [1.807, 2.05) is 13.0 Å². The highest BCUT2D eigenvalue weighted by Crippen LogP contribution is 2.20. The number of nitrogens with zero attached hydrogens (tertiary/aromatic N) is 3. The van der Waals surface area contributed by atoms with E-state index in [9.17, 15) is 4.79 Å². The molecule has 0 aromatic rings. The Morgan fingerprint density at radius 1 is 1.73 bits per heavy atom. The maximum absolute atomic E-state index is 11.7. The van der Waals surface area contributed by atoms with Crippen LogP contribution in [0.15, 0.2) is 16.9 Å². The first-order valence-electron chi connectivity index (χ1n) is 4.85. The van der Waals surface area contributed by atoms with Crippen LogP contribution in [0, 0.1) is 0 Å². The van der Waals surface area contributed by atoms with E-state index in [0.29, 0.717) is 6.61 Å². The summed E-state index contributed by atoms with van der Waals surface area (Å²) >= 11 is 0. The molecule has 2 heterocycles. The fourth-order valence-electron chi connectivity index (χ4n) is 1.66. The zero-order chi connectivity index (χ0) is 11.0. The van der Waals surface area contributed by atoms with Gasteiger partial charge in [-0.1, -0.05) is 0 Å². The molecule has 82 valence electrons. The van der Waals surface area contributed by atoms with Crippen LogP contribution in [0.4, 0.5) is 0 Å². The maximum Gasteiger partial charge on any atom is 0.353 e. The van der Waals surface area contributed by atoms with Crippen LogP contribution in [-0.2, 0) is 9.53 Å². The first-order chi connectivity index (χ1) is 7.13. The van der Waals surface area contributed by atoms with E-state index < -0.39 is 6.17 Å². The second-order valence-corrected chi connectivity index (χ2v) is 3.47. The summed E-state index contributed by atoms with van der Waals surface area (Å²) in [5, 5.41) is 7.51. The number of nitrogens with one attached hydrogen (secondary N) is 1. The highest BCUT2D eigenvalue weighted by molar-refractivity contribution is 5.99. The molecule has 6 heteroatoms. The first kappa shape index (κ1) is 9.82. The number of ether oxygens (including phenoxy) is 1. The zero-order valence-electron chi connectivity index (χ0n) is 9.02. The molecule has 0 aromatic carbocycles. The van der Waals surface area contributed by atoms with Crippen molar-refractivity contribution in [3.8, 4) is 0 Å². The number of hydrazone groups is 1. The van der Waals surface area contributed by atoms with E-state index >= 15 is 0 Å². The largest absolute Gasteiger partial charge is 0.463 e. The summed E-state index contributed by atoms with van der Waals surface area (Å²) in [5.74, 6) is 0.447. The Bertz CT molecular complexity index is 350. The summed E-state index contributed by atoms with van der Waals surface area (Å²) in [5.41, 5.74) is 4.03. The Morgan fingerprint density at radius 3 is 3.13 bits per heavy atom. The Kier molecular flexibility index (Phi) is 2.26. The Labute approximate surface area is 88.1 Å². The lowest BCUT2D eigenvalue weighted by Gasteiger charge is -2.25. The van der Waals surface area contributed by atoms with Crippen LogP contribution < -0.4 is 5.43 Å². The van der Waals surface area contributed by atoms with E-state index in [4.69, 9.17) is 4.74 Å². The molecule has 2 aliphatic rings. The number of allylic oxidation sites excluding steroid dienone is 1. The van der Waals surface area contributed by atoms with Gasteiger partial charge in [-0.2, -0.15) is 5.10 Å². The SMILES string of the molecule is CCOC(=O)C1N(C)N=C2C=C(C)NN21. The quantitative estimate of drug-likeness (QED) is 0.643. The number of carbonyl (C=O) groups is 1. The monoisotopic (exact) mass is 210 g/mol. The molecular formula is C9H14N4O2. The van der Waals surface area contributed by atoms with Crippen LogP contribution in [0.3, 0.4) is 0 Å². The van der Waals surface area contributed by atoms with Gasteiger partial charge in [0.2, 0.25) is 6.17 Å². The summed E-state index contributed by atoms with van der Waals surface area (Å²) in [6, 6.07) is 0. The van der Waals surface area contributed by atoms with Crippen LogP contribution in [0.2, 0.25) is 0 Å². The van der Waals surface area contributed by atoms with Gasteiger partial charge in [0, 0.05) is 18.8 Å². The lowest BCUT2D eigenvalue weighted by atomic mass is 10.4. The zero-order valence-corrected chi connectivity index (χ0v) is 9.02. The van der Waals surface area contributed by atoms with Crippen molar-refractivity contribution in [2.75, 3.05) is 13.7 Å². The number of hydrogen-bond donors (Lipinski definition) is 1. The minimum atomic E-state index is -0.506. The van der Waals surface area contributed by atoms with Gasteiger partial charge in [-0.3, -0.25) is 10.4 Å². The van der Waals surface area contributed by atoms with Crippen LogP contribution in [-0.4, -0.2) is 41.6 Å². The number of carbonyl (C=O) groups excluding carboxylic acids is 1. The molecule has 15 heavy (non-hydrogen) atoms. The van der Waals surface area contributed by atoms with Crippen molar-refractivity contribution in [1.82, 2.24) is 15.4 Å². The van der Waals surface area contributed by atoms with Gasteiger partial charge < -0.3 is 4.74 Å². The van der Waals surface area contributed by atoms with E-state index in [2.05, 4.69) is 10.5 Å². The van der Waals surface area contributed by atoms with E-state index in [1.54, 1.807) is 24.0 Å². The van der Waals surface area contributed by atoms with Crippen molar-refractivity contribution in [2.24, 2.45) is 5.10 Å². The molecule has 1 unspecified atom stereocenters. The molecule has 0 amide bonds. The molecule has 0 saturated heterocycles. The fourth-order valence-corrected chi connectivity index (χ4v) is 1.66. The molecule has 0 fully saturated rings. The molecule has 0 aliphatic carbocycles. The van der Waals surface area contributed by atoms with E-state index in [1.165, 1.54) is 0 Å². The molecule has 2 aliphatic heterocycles. The van der Waals surface area contributed by atoms with Crippen LogP contribution in [0.1, 0.15) is 13.8 Å². The highest BCUT2D eigenvalue weighted by atomic mass is 16.5. The second-order valence-electron chi connectivity index (χ2n) is 3.47. The highest BCUT2D eigenvalue weighted by Gasteiger charge is 2.40. The van der Waals surface area contributed by atoms with Gasteiger partial charge in [-0.15, -0.1) is 0 Å². The van der Waals surface area contributed by atoms with Gasteiger partial charge in [-0.25, -0.2) is 9.80 Å². The molecule has 1 atom stereocenters. The Morgan fingerprint density at radius 2 is 2.47 bits per heavy atom. The van der Waals surface area contributed by atoms with Crippen molar-refractivity contribution in [1.29, 1.82) is 0 Å². The molecule has 0 aromatic heterocycles. The normalized spacial score (nSPS) is 23.3. The van der Waals surface area contributed by atoms with Crippen molar-refractivity contribution >= 4 is 11.8 Å². The molecule has 6 nitrogen and oxygen atoms in total. The number of likely N-dealkylation sites (N-methyl/N-ethyl adjacent to an activating group) is 1. The lowest BCUT2D eigenvalue weighted by molar-refractivity contribution is -0.153. The fraction of sp³-hybridized carbons (Fsp3) is 0.556. The van der Waals surface area contributed by atoms with Crippen LogP contribution >= 0.6 is 0 Å². The molecular weight excluding hydrogens is 196 g/mol. The molecule has 2 rings (SSSR count). The van der Waals surface area contributed by atoms with Crippen molar-refractivity contribution < 1.29 is 9.53 Å². The third kappa shape index (κ3) is 1.51. The minimum Gasteiger partial charge on any atom is -0.463 e. The van der Waals surface area contributed by atoms with Gasteiger partial charge in [-0.05, 0) is 13.8 Å². The van der Waals surface area contributed by atoms with E-state index in [-0.39, 0.29) is 5.97 Å². The predicted molar refractivity (Wildman–Crippen MR) is 54.4 cm³/mol. The Balaban J connectivity index is 2.15. The number of amidine groups is 1. The van der Waals surface area contributed by atoms with Gasteiger partial charge >= 0.3 is 5.97 Å². The van der Waals surface area contributed by atoms with Gasteiger partial charge in [0.05, 0.1) is 6.61 Å². The van der Waals surface area contributed by atoms with Crippen molar-refractivity contribution in [3.05, 3.63) is 11.8 Å². The van der Waals surface area contributed by atoms with Crippen LogP contribution in [0.5, 0.6) is 0 Å².